The van der Waals surface area contributed by atoms with Gasteiger partial charge in [-0.15, -0.1) is 0 Å². The van der Waals surface area contributed by atoms with Gasteiger partial charge in [0.1, 0.15) is 11.6 Å². The van der Waals surface area contributed by atoms with Gasteiger partial charge in [-0.1, -0.05) is 11.6 Å². The smallest absolute Gasteiger partial charge is 0.338 e. The van der Waals surface area contributed by atoms with E-state index in [1.807, 2.05) is 0 Å². The van der Waals surface area contributed by atoms with E-state index in [0.29, 0.717) is 5.75 Å². The largest absolute Gasteiger partial charge is 0.484 e. The minimum absolute atomic E-state index is 0.140. The Bertz CT molecular complexity index is 826. The predicted octanol–water partition coefficient (Wildman–Crippen LogP) is 2.14. The molecule has 0 saturated carbocycles. The first-order valence-electron chi connectivity index (χ1n) is 7.28. The molecule has 2 aromatic rings. The molecule has 3 N–H and O–H groups in total. The second-order valence-corrected chi connectivity index (χ2v) is 5.44. The molecule has 7 nitrogen and oxygen atoms in total. The lowest BCUT2D eigenvalue weighted by atomic mass is 10.2. The number of rotatable bonds is 7. The summed E-state index contributed by atoms with van der Waals surface area (Å²) in [6.45, 7) is -0.814. The molecule has 0 saturated heterocycles. The van der Waals surface area contributed by atoms with Crippen LogP contribution in [0, 0.1) is 5.82 Å². The second-order valence-electron chi connectivity index (χ2n) is 5.03. The van der Waals surface area contributed by atoms with Crippen LogP contribution < -0.4 is 15.8 Å². The zero-order valence-electron chi connectivity index (χ0n) is 13.3. The maximum absolute atomic E-state index is 13.0. The summed E-state index contributed by atoms with van der Waals surface area (Å²) >= 11 is 5.61. The van der Waals surface area contributed by atoms with Crippen LogP contribution in [0.5, 0.6) is 5.75 Å². The van der Waals surface area contributed by atoms with E-state index in [-0.39, 0.29) is 22.9 Å². The van der Waals surface area contributed by atoms with E-state index in [1.165, 1.54) is 36.4 Å². The van der Waals surface area contributed by atoms with Gasteiger partial charge < -0.3 is 20.5 Å². The molecular formula is C17H14ClFN2O5. The van der Waals surface area contributed by atoms with Crippen molar-refractivity contribution in [1.29, 1.82) is 0 Å². The maximum Gasteiger partial charge on any atom is 0.338 e. The standard InChI is InChI=1S/C17H14ClFN2O5/c18-13-7-11(3-6-14(13)19)21-16(23)9-26-17(24)10-1-4-12(5-2-10)25-8-15(20)22/h1-7H,8-9H2,(H2,20,22)(H,21,23). The molecule has 0 radical (unpaired) electrons. The number of esters is 1. The quantitative estimate of drug-likeness (QED) is 0.715. The van der Waals surface area contributed by atoms with Crippen molar-refractivity contribution in [2.45, 2.75) is 0 Å². The fourth-order valence-corrected chi connectivity index (χ4v) is 2.01. The summed E-state index contributed by atoms with van der Waals surface area (Å²) in [7, 11) is 0. The van der Waals surface area contributed by atoms with Gasteiger partial charge in [-0.3, -0.25) is 9.59 Å². The van der Waals surface area contributed by atoms with Crippen LogP contribution in [0.4, 0.5) is 10.1 Å². The fraction of sp³-hybridized carbons (Fsp3) is 0.118. The van der Waals surface area contributed by atoms with E-state index < -0.39 is 30.2 Å². The van der Waals surface area contributed by atoms with E-state index in [4.69, 9.17) is 26.8 Å². The zero-order valence-corrected chi connectivity index (χ0v) is 14.1. The van der Waals surface area contributed by atoms with Crippen molar-refractivity contribution in [1.82, 2.24) is 0 Å². The van der Waals surface area contributed by atoms with Crippen LogP contribution in [0.25, 0.3) is 0 Å². The van der Waals surface area contributed by atoms with E-state index >= 15 is 0 Å². The van der Waals surface area contributed by atoms with E-state index in [2.05, 4.69) is 5.32 Å². The van der Waals surface area contributed by atoms with Crippen LogP contribution in [0.3, 0.4) is 0 Å². The minimum Gasteiger partial charge on any atom is -0.484 e. The molecule has 0 aliphatic carbocycles. The van der Waals surface area contributed by atoms with Crippen LogP contribution in [0.1, 0.15) is 10.4 Å². The summed E-state index contributed by atoms with van der Waals surface area (Å²) in [6.07, 6.45) is 0. The van der Waals surface area contributed by atoms with Gasteiger partial charge in [-0.2, -0.15) is 0 Å². The third-order valence-electron chi connectivity index (χ3n) is 3.01. The first-order valence-corrected chi connectivity index (χ1v) is 7.66. The van der Waals surface area contributed by atoms with E-state index in [1.54, 1.807) is 0 Å². The molecule has 0 atom stereocenters. The van der Waals surface area contributed by atoms with Gasteiger partial charge in [0.15, 0.2) is 13.2 Å². The second kappa shape index (κ2) is 8.82. The number of ether oxygens (including phenoxy) is 2. The number of primary amides is 1. The first-order chi connectivity index (χ1) is 12.3. The molecule has 0 bridgehead atoms. The normalized spacial score (nSPS) is 10.1. The number of halogens is 2. The molecular weight excluding hydrogens is 367 g/mol. The van der Waals surface area contributed by atoms with Crippen molar-refractivity contribution in [2.24, 2.45) is 5.73 Å². The predicted molar refractivity (Wildman–Crippen MR) is 91.5 cm³/mol. The molecule has 136 valence electrons. The Morgan fingerprint density at radius 1 is 1.08 bits per heavy atom. The number of amides is 2. The third-order valence-corrected chi connectivity index (χ3v) is 3.30. The highest BCUT2D eigenvalue weighted by molar-refractivity contribution is 6.31. The number of carbonyl (C=O) groups excluding carboxylic acids is 3. The van der Waals surface area contributed by atoms with Gasteiger partial charge in [0.25, 0.3) is 11.8 Å². The Balaban J connectivity index is 1.84. The number of nitrogens with two attached hydrogens (primary N) is 1. The summed E-state index contributed by atoms with van der Waals surface area (Å²) in [5, 5.41) is 2.28. The summed E-state index contributed by atoms with van der Waals surface area (Å²) < 4.78 is 23.0. The van der Waals surface area contributed by atoms with Gasteiger partial charge >= 0.3 is 5.97 Å². The van der Waals surface area contributed by atoms with Crippen molar-refractivity contribution in [3.05, 3.63) is 58.9 Å². The number of benzene rings is 2. The van der Waals surface area contributed by atoms with E-state index in [9.17, 15) is 18.8 Å². The van der Waals surface area contributed by atoms with Crippen molar-refractivity contribution in [3.8, 4) is 5.75 Å². The van der Waals surface area contributed by atoms with Gasteiger partial charge in [-0.05, 0) is 42.5 Å². The molecule has 2 rings (SSSR count). The van der Waals surface area contributed by atoms with Crippen LogP contribution in [-0.2, 0) is 14.3 Å². The van der Waals surface area contributed by atoms with E-state index in [0.717, 1.165) is 6.07 Å². The Morgan fingerprint density at radius 2 is 1.77 bits per heavy atom. The molecule has 9 heteroatoms. The highest BCUT2D eigenvalue weighted by Gasteiger charge is 2.11. The molecule has 0 aliphatic heterocycles. The molecule has 0 aliphatic rings. The summed E-state index contributed by atoms with van der Waals surface area (Å²) in [5.74, 6) is -2.21. The van der Waals surface area contributed by atoms with Gasteiger partial charge in [-0.25, -0.2) is 9.18 Å². The lowest BCUT2D eigenvalue weighted by Gasteiger charge is -2.08. The molecule has 2 amide bonds. The molecule has 0 aromatic heterocycles. The highest BCUT2D eigenvalue weighted by atomic mass is 35.5. The number of hydrogen-bond acceptors (Lipinski definition) is 5. The van der Waals surface area contributed by atoms with Crippen LogP contribution in [-0.4, -0.2) is 31.0 Å². The monoisotopic (exact) mass is 380 g/mol. The average molecular weight is 381 g/mol. The molecule has 2 aromatic carbocycles. The summed E-state index contributed by atoms with van der Waals surface area (Å²) in [5.41, 5.74) is 5.42. The maximum atomic E-state index is 13.0. The lowest BCUT2D eigenvalue weighted by molar-refractivity contribution is -0.120. The summed E-state index contributed by atoms with van der Waals surface area (Å²) in [6, 6.07) is 9.41. The summed E-state index contributed by atoms with van der Waals surface area (Å²) in [4.78, 5) is 34.3. The fourth-order valence-electron chi connectivity index (χ4n) is 1.83. The minimum atomic E-state index is -0.723. The SMILES string of the molecule is NC(=O)COc1ccc(C(=O)OCC(=O)Nc2ccc(F)c(Cl)c2)cc1. The highest BCUT2D eigenvalue weighted by Crippen LogP contribution is 2.19. The topological polar surface area (TPSA) is 108 Å². The van der Waals surface area contributed by atoms with Crippen molar-refractivity contribution in [3.63, 3.8) is 0 Å². The van der Waals surface area contributed by atoms with Gasteiger partial charge in [0.05, 0.1) is 10.6 Å². The van der Waals surface area contributed by atoms with Crippen molar-refractivity contribution in [2.75, 3.05) is 18.5 Å². The number of anilines is 1. The number of hydrogen-bond donors (Lipinski definition) is 2. The lowest BCUT2D eigenvalue weighted by Crippen LogP contribution is -2.21. The average Bonchev–Trinajstić information content (AvgIpc) is 2.61. The van der Waals surface area contributed by atoms with Crippen molar-refractivity contribution < 1.29 is 28.2 Å². The Hall–Kier alpha value is -3.13. The molecule has 0 spiro atoms. The van der Waals surface area contributed by atoms with Crippen LogP contribution >= 0.6 is 11.6 Å². The zero-order chi connectivity index (χ0) is 19.1. The number of nitrogens with one attached hydrogen (secondary N) is 1. The Labute approximate surface area is 152 Å². The van der Waals surface area contributed by atoms with Gasteiger partial charge in [0, 0.05) is 5.69 Å². The molecule has 0 fully saturated rings. The van der Waals surface area contributed by atoms with Crippen LogP contribution in [0.2, 0.25) is 5.02 Å². The molecule has 0 unspecified atom stereocenters. The number of carbonyl (C=O) groups is 3. The molecule has 26 heavy (non-hydrogen) atoms. The van der Waals surface area contributed by atoms with Crippen molar-refractivity contribution >= 4 is 35.1 Å². The van der Waals surface area contributed by atoms with Crippen LogP contribution in [0.15, 0.2) is 42.5 Å². The Kier molecular flexibility index (Phi) is 6.51. The van der Waals surface area contributed by atoms with Gasteiger partial charge in [0.2, 0.25) is 0 Å². The Morgan fingerprint density at radius 3 is 2.38 bits per heavy atom. The molecule has 0 heterocycles. The third kappa shape index (κ3) is 5.75. The first kappa shape index (κ1) is 19.2.